The standard InChI is InChI=1S/C23H20ClF3N2O/c1-3-14(2)15-6-9-17(10-7-15)29-22(30)16-8-11-18(20(24)13-16)21-19(23(25,26)27)5-4-12-28-21/h4-14H,3H2,1-2H3,(H,29,30). The molecule has 0 radical (unpaired) electrons. The van der Waals surface area contributed by atoms with Gasteiger partial charge in [-0.3, -0.25) is 9.78 Å². The predicted octanol–water partition coefficient (Wildman–Crippen LogP) is 7.19. The van der Waals surface area contributed by atoms with Crippen LogP contribution in [0.3, 0.4) is 0 Å². The Bertz CT molecular complexity index is 1050. The average Bonchev–Trinajstić information content (AvgIpc) is 2.73. The molecule has 0 aliphatic carbocycles. The van der Waals surface area contributed by atoms with Crippen molar-refractivity contribution in [1.29, 1.82) is 0 Å². The number of nitrogens with zero attached hydrogens (tertiary/aromatic N) is 1. The molecule has 0 spiro atoms. The molecule has 1 atom stereocenters. The van der Waals surface area contributed by atoms with Crippen molar-refractivity contribution in [3.05, 3.63) is 82.5 Å². The fourth-order valence-electron chi connectivity index (χ4n) is 3.03. The first-order valence-electron chi connectivity index (χ1n) is 9.44. The molecule has 1 amide bonds. The number of benzene rings is 2. The van der Waals surface area contributed by atoms with Crippen LogP contribution in [0.25, 0.3) is 11.3 Å². The molecule has 3 rings (SSSR count). The van der Waals surface area contributed by atoms with Crippen LogP contribution in [0.1, 0.15) is 47.7 Å². The lowest BCUT2D eigenvalue weighted by molar-refractivity contribution is -0.137. The van der Waals surface area contributed by atoms with E-state index < -0.39 is 17.6 Å². The van der Waals surface area contributed by atoms with Crippen molar-refractivity contribution in [2.24, 2.45) is 0 Å². The maximum absolute atomic E-state index is 13.3. The minimum absolute atomic E-state index is 0.0129. The maximum atomic E-state index is 13.3. The van der Waals surface area contributed by atoms with Crippen LogP contribution in [0.15, 0.2) is 60.8 Å². The van der Waals surface area contributed by atoms with Gasteiger partial charge in [0.15, 0.2) is 0 Å². The highest BCUT2D eigenvalue weighted by molar-refractivity contribution is 6.33. The van der Waals surface area contributed by atoms with E-state index in [4.69, 9.17) is 11.6 Å². The van der Waals surface area contributed by atoms with Gasteiger partial charge in [0.05, 0.1) is 16.3 Å². The van der Waals surface area contributed by atoms with Crippen molar-refractivity contribution in [2.45, 2.75) is 32.4 Å². The van der Waals surface area contributed by atoms with Crippen LogP contribution in [0.4, 0.5) is 18.9 Å². The Kier molecular flexibility index (Phi) is 6.46. The minimum Gasteiger partial charge on any atom is -0.322 e. The van der Waals surface area contributed by atoms with E-state index in [-0.39, 0.29) is 21.8 Å². The minimum atomic E-state index is -4.57. The summed E-state index contributed by atoms with van der Waals surface area (Å²) in [4.78, 5) is 16.4. The van der Waals surface area contributed by atoms with E-state index in [1.807, 2.05) is 24.3 Å². The molecule has 156 valence electrons. The van der Waals surface area contributed by atoms with Crippen molar-refractivity contribution >= 4 is 23.2 Å². The molecule has 1 N–H and O–H groups in total. The SMILES string of the molecule is CCC(C)c1ccc(NC(=O)c2ccc(-c3ncccc3C(F)(F)F)c(Cl)c2)cc1. The number of anilines is 1. The topological polar surface area (TPSA) is 42.0 Å². The van der Waals surface area contributed by atoms with E-state index in [9.17, 15) is 18.0 Å². The van der Waals surface area contributed by atoms with E-state index in [1.165, 1.54) is 36.0 Å². The van der Waals surface area contributed by atoms with Gasteiger partial charge in [-0.05, 0) is 54.3 Å². The Morgan fingerprint density at radius 1 is 1.13 bits per heavy atom. The second kappa shape index (κ2) is 8.88. The van der Waals surface area contributed by atoms with E-state index in [0.717, 1.165) is 12.5 Å². The molecular weight excluding hydrogens is 413 g/mol. The first-order chi connectivity index (χ1) is 14.2. The smallest absolute Gasteiger partial charge is 0.322 e. The quantitative estimate of drug-likeness (QED) is 0.463. The lowest BCUT2D eigenvalue weighted by Crippen LogP contribution is -2.12. The summed E-state index contributed by atoms with van der Waals surface area (Å²) in [6.45, 7) is 4.24. The zero-order valence-corrected chi connectivity index (χ0v) is 17.2. The number of rotatable bonds is 5. The third-order valence-corrected chi connectivity index (χ3v) is 5.26. The molecule has 1 unspecified atom stereocenters. The van der Waals surface area contributed by atoms with Crippen LogP contribution in [-0.4, -0.2) is 10.9 Å². The number of pyridine rings is 1. The van der Waals surface area contributed by atoms with E-state index in [1.54, 1.807) is 0 Å². The molecule has 0 bridgehead atoms. The molecule has 1 aromatic heterocycles. The fraction of sp³-hybridized carbons (Fsp3) is 0.217. The van der Waals surface area contributed by atoms with Gasteiger partial charge in [0.25, 0.3) is 5.91 Å². The summed E-state index contributed by atoms with van der Waals surface area (Å²) in [6.07, 6.45) is -2.28. The van der Waals surface area contributed by atoms with Crippen LogP contribution in [0.2, 0.25) is 5.02 Å². The second-order valence-corrected chi connectivity index (χ2v) is 7.38. The molecule has 1 heterocycles. The van der Waals surface area contributed by atoms with Crippen molar-refractivity contribution in [2.75, 3.05) is 5.32 Å². The number of hydrogen-bond acceptors (Lipinski definition) is 2. The monoisotopic (exact) mass is 432 g/mol. The Balaban J connectivity index is 1.83. The van der Waals surface area contributed by atoms with Crippen LogP contribution < -0.4 is 5.32 Å². The molecule has 0 aliphatic heterocycles. The van der Waals surface area contributed by atoms with Gasteiger partial charge in [-0.25, -0.2) is 0 Å². The first-order valence-corrected chi connectivity index (χ1v) is 9.82. The zero-order chi connectivity index (χ0) is 21.9. The molecule has 7 heteroatoms. The van der Waals surface area contributed by atoms with Gasteiger partial charge in [-0.2, -0.15) is 13.2 Å². The third kappa shape index (κ3) is 4.82. The summed E-state index contributed by atoms with van der Waals surface area (Å²) in [7, 11) is 0. The van der Waals surface area contributed by atoms with Gasteiger partial charge in [0.2, 0.25) is 0 Å². The van der Waals surface area contributed by atoms with Crippen LogP contribution >= 0.6 is 11.6 Å². The summed E-state index contributed by atoms with van der Waals surface area (Å²) in [5.74, 6) is 0.0195. The molecule has 2 aromatic carbocycles. The zero-order valence-electron chi connectivity index (χ0n) is 16.4. The number of halogens is 4. The molecule has 0 saturated heterocycles. The summed E-state index contributed by atoms with van der Waals surface area (Å²) >= 11 is 6.22. The van der Waals surface area contributed by atoms with Gasteiger partial charge in [0.1, 0.15) is 0 Å². The third-order valence-electron chi connectivity index (χ3n) is 4.95. The Labute approximate surface area is 177 Å². The normalized spacial score (nSPS) is 12.5. The van der Waals surface area contributed by atoms with Gasteiger partial charge in [0, 0.05) is 23.0 Å². The Hall–Kier alpha value is -2.86. The van der Waals surface area contributed by atoms with E-state index >= 15 is 0 Å². The highest BCUT2D eigenvalue weighted by Gasteiger charge is 2.34. The van der Waals surface area contributed by atoms with Crippen molar-refractivity contribution < 1.29 is 18.0 Å². The van der Waals surface area contributed by atoms with Crippen LogP contribution in [0.5, 0.6) is 0 Å². The Morgan fingerprint density at radius 2 is 1.83 bits per heavy atom. The summed E-state index contributed by atoms with van der Waals surface area (Å²) < 4.78 is 39.8. The lowest BCUT2D eigenvalue weighted by atomic mass is 9.98. The molecule has 0 aliphatic rings. The lowest BCUT2D eigenvalue weighted by Gasteiger charge is -2.14. The molecular formula is C23H20ClF3N2O. The average molecular weight is 433 g/mol. The number of alkyl halides is 3. The van der Waals surface area contributed by atoms with Gasteiger partial charge in [-0.15, -0.1) is 0 Å². The number of amides is 1. The summed E-state index contributed by atoms with van der Waals surface area (Å²) in [5, 5.41) is 2.78. The summed E-state index contributed by atoms with van der Waals surface area (Å²) in [5.41, 5.74) is 0.987. The van der Waals surface area contributed by atoms with E-state index in [0.29, 0.717) is 11.6 Å². The van der Waals surface area contributed by atoms with Gasteiger partial charge >= 0.3 is 6.18 Å². The number of nitrogens with one attached hydrogen (secondary N) is 1. The van der Waals surface area contributed by atoms with Crippen molar-refractivity contribution in [1.82, 2.24) is 4.98 Å². The summed E-state index contributed by atoms with van der Waals surface area (Å²) in [6, 6.07) is 13.9. The highest BCUT2D eigenvalue weighted by Crippen LogP contribution is 2.38. The molecule has 30 heavy (non-hydrogen) atoms. The van der Waals surface area contributed by atoms with Gasteiger partial charge < -0.3 is 5.32 Å². The van der Waals surface area contributed by atoms with Crippen LogP contribution in [-0.2, 0) is 6.18 Å². The number of aromatic nitrogens is 1. The highest BCUT2D eigenvalue weighted by atomic mass is 35.5. The number of carbonyl (C=O) groups excluding carboxylic acids is 1. The van der Waals surface area contributed by atoms with E-state index in [2.05, 4.69) is 24.1 Å². The number of carbonyl (C=O) groups is 1. The van der Waals surface area contributed by atoms with Crippen molar-refractivity contribution in [3.63, 3.8) is 0 Å². The van der Waals surface area contributed by atoms with Crippen LogP contribution in [0, 0.1) is 0 Å². The predicted molar refractivity (Wildman–Crippen MR) is 113 cm³/mol. The maximum Gasteiger partial charge on any atom is 0.418 e. The second-order valence-electron chi connectivity index (χ2n) is 6.98. The van der Waals surface area contributed by atoms with Gasteiger partial charge in [-0.1, -0.05) is 43.6 Å². The number of hydrogen-bond donors (Lipinski definition) is 1. The molecule has 3 aromatic rings. The largest absolute Gasteiger partial charge is 0.418 e. The van der Waals surface area contributed by atoms with Crippen molar-refractivity contribution in [3.8, 4) is 11.3 Å². The fourth-order valence-corrected chi connectivity index (χ4v) is 3.30. The first kappa shape index (κ1) is 21.8. The Morgan fingerprint density at radius 3 is 2.43 bits per heavy atom. The molecule has 0 fully saturated rings. The molecule has 0 saturated carbocycles. The molecule has 3 nitrogen and oxygen atoms in total.